The summed E-state index contributed by atoms with van der Waals surface area (Å²) in [6, 6.07) is 0. The van der Waals surface area contributed by atoms with Gasteiger partial charge in [-0.1, -0.05) is 0 Å². The molecule has 0 amide bonds. The van der Waals surface area contributed by atoms with Crippen molar-refractivity contribution in [2.75, 3.05) is 32.4 Å². The number of aliphatic hydroxyl groups is 1. The third-order valence-corrected chi connectivity index (χ3v) is 4.06. The number of likely N-dealkylation sites (tertiary alicyclic amines) is 1. The van der Waals surface area contributed by atoms with Gasteiger partial charge in [0.25, 0.3) is 0 Å². The molecule has 0 bridgehead atoms. The molecule has 1 aliphatic heterocycles. The molecule has 5 nitrogen and oxygen atoms in total. The number of piperidine rings is 1. The molecule has 0 spiro atoms. The molecule has 0 aliphatic carbocycles. The first kappa shape index (κ1) is 14.9. The molecule has 17 heavy (non-hydrogen) atoms. The first-order chi connectivity index (χ1) is 7.88. The predicted octanol–water partition coefficient (Wildman–Crippen LogP) is 0.0185. The van der Waals surface area contributed by atoms with E-state index in [1.165, 1.54) is 6.26 Å². The third kappa shape index (κ3) is 6.35. The second-order valence-corrected chi connectivity index (χ2v) is 6.77. The number of sulfonamides is 1. The maximum atomic E-state index is 10.8. The summed E-state index contributed by atoms with van der Waals surface area (Å²) in [4.78, 5) is 2.34. The largest absolute Gasteiger partial charge is 0.393 e. The first-order valence-corrected chi connectivity index (χ1v) is 8.12. The van der Waals surface area contributed by atoms with Crippen LogP contribution in [0.15, 0.2) is 0 Å². The van der Waals surface area contributed by atoms with E-state index in [1.54, 1.807) is 0 Å². The molecule has 0 aromatic heterocycles. The molecule has 0 saturated carbocycles. The Bertz CT molecular complexity index is 309. The molecule has 0 radical (unpaired) electrons. The van der Waals surface area contributed by atoms with Crippen LogP contribution in [0, 0.1) is 5.92 Å². The SMILES string of the molecule is CC(O)C1CCN(CCCNS(C)(=O)=O)CC1. The molecule has 2 N–H and O–H groups in total. The van der Waals surface area contributed by atoms with Crippen LogP contribution in [0.3, 0.4) is 0 Å². The molecule has 1 atom stereocenters. The van der Waals surface area contributed by atoms with Gasteiger partial charge in [-0.3, -0.25) is 0 Å². The van der Waals surface area contributed by atoms with Gasteiger partial charge in [-0.2, -0.15) is 0 Å². The van der Waals surface area contributed by atoms with Crippen LogP contribution in [0.2, 0.25) is 0 Å². The summed E-state index contributed by atoms with van der Waals surface area (Å²) >= 11 is 0. The van der Waals surface area contributed by atoms with E-state index >= 15 is 0 Å². The van der Waals surface area contributed by atoms with Gasteiger partial charge in [0.15, 0.2) is 0 Å². The zero-order chi connectivity index (χ0) is 12.9. The van der Waals surface area contributed by atoms with E-state index in [0.29, 0.717) is 12.5 Å². The Morgan fingerprint density at radius 2 is 2.00 bits per heavy atom. The van der Waals surface area contributed by atoms with Crippen LogP contribution in [-0.2, 0) is 10.0 Å². The summed E-state index contributed by atoms with van der Waals surface area (Å²) in [7, 11) is -3.05. The average molecular weight is 264 g/mol. The van der Waals surface area contributed by atoms with Crippen molar-refractivity contribution in [2.24, 2.45) is 5.92 Å². The van der Waals surface area contributed by atoms with Crippen molar-refractivity contribution in [1.82, 2.24) is 9.62 Å². The zero-order valence-electron chi connectivity index (χ0n) is 10.7. The van der Waals surface area contributed by atoms with Crippen LogP contribution >= 0.6 is 0 Å². The summed E-state index contributed by atoms with van der Waals surface area (Å²) in [5, 5.41) is 9.47. The Kier molecular flexibility index (Phi) is 5.85. The summed E-state index contributed by atoms with van der Waals surface area (Å²) in [6.45, 7) is 5.31. The van der Waals surface area contributed by atoms with Crippen molar-refractivity contribution >= 4 is 10.0 Å². The lowest BCUT2D eigenvalue weighted by Crippen LogP contribution is -2.38. The second-order valence-electron chi connectivity index (χ2n) is 4.94. The Morgan fingerprint density at radius 3 is 2.47 bits per heavy atom. The molecule has 1 aliphatic rings. The van der Waals surface area contributed by atoms with Crippen molar-refractivity contribution in [2.45, 2.75) is 32.3 Å². The highest BCUT2D eigenvalue weighted by molar-refractivity contribution is 7.88. The van der Waals surface area contributed by atoms with Crippen molar-refractivity contribution in [3.63, 3.8) is 0 Å². The lowest BCUT2D eigenvalue weighted by molar-refractivity contribution is 0.0717. The molecule has 102 valence electrons. The summed E-state index contributed by atoms with van der Waals surface area (Å²) in [6.07, 6.45) is 3.89. The highest BCUT2D eigenvalue weighted by Crippen LogP contribution is 2.20. The molecular weight excluding hydrogens is 240 g/mol. The minimum absolute atomic E-state index is 0.205. The van der Waals surface area contributed by atoms with Gasteiger partial charge in [-0.25, -0.2) is 13.1 Å². The normalized spacial score (nSPS) is 21.6. The van der Waals surface area contributed by atoms with E-state index in [0.717, 1.165) is 38.9 Å². The maximum Gasteiger partial charge on any atom is 0.208 e. The van der Waals surface area contributed by atoms with Crippen molar-refractivity contribution in [1.29, 1.82) is 0 Å². The molecule has 1 heterocycles. The summed E-state index contributed by atoms with van der Waals surface area (Å²) in [5.74, 6) is 0.431. The molecule has 6 heteroatoms. The maximum absolute atomic E-state index is 10.8. The summed E-state index contributed by atoms with van der Waals surface area (Å²) < 4.78 is 24.2. The lowest BCUT2D eigenvalue weighted by Gasteiger charge is -2.33. The third-order valence-electron chi connectivity index (χ3n) is 3.33. The molecule has 0 aromatic carbocycles. The molecule has 1 unspecified atom stereocenters. The topological polar surface area (TPSA) is 69.6 Å². The van der Waals surface area contributed by atoms with Crippen LogP contribution in [0.25, 0.3) is 0 Å². The quantitative estimate of drug-likeness (QED) is 0.664. The van der Waals surface area contributed by atoms with E-state index in [9.17, 15) is 13.5 Å². The monoisotopic (exact) mass is 264 g/mol. The number of nitrogens with zero attached hydrogens (tertiary/aromatic N) is 1. The van der Waals surface area contributed by atoms with Crippen LogP contribution in [0.4, 0.5) is 0 Å². The van der Waals surface area contributed by atoms with Crippen molar-refractivity contribution in [3.05, 3.63) is 0 Å². The Hall–Kier alpha value is -0.170. The highest BCUT2D eigenvalue weighted by atomic mass is 32.2. The fraction of sp³-hybridized carbons (Fsp3) is 1.00. The smallest absolute Gasteiger partial charge is 0.208 e. The van der Waals surface area contributed by atoms with Crippen molar-refractivity contribution in [3.8, 4) is 0 Å². The van der Waals surface area contributed by atoms with Gasteiger partial charge in [0, 0.05) is 6.54 Å². The van der Waals surface area contributed by atoms with Crippen LogP contribution < -0.4 is 4.72 Å². The highest BCUT2D eigenvalue weighted by Gasteiger charge is 2.21. The van der Waals surface area contributed by atoms with E-state index in [2.05, 4.69) is 9.62 Å². The van der Waals surface area contributed by atoms with Gasteiger partial charge in [0.05, 0.1) is 12.4 Å². The van der Waals surface area contributed by atoms with Gasteiger partial charge < -0.3 is 10.0 Å². The molecule has 1 rings (SSSR count). The fourth-order valence-electron chi connectivity index (χ4n) is 2.22. The van der Waals surface area contributed by atoms with Crippen molar-refractivity contribution < 1.29 is 13.5 Å². The van der Waals surface area contributed by atoms with Gasteiger partial charge in [0.1, 0.15) is 0 Å². The molecular formula is C11H24N2O3S. The van der Waals surface area contributed by atoms with Gasteiger partial charge in [-0.05, 0) is 51.7 Å². The standard InChI is InChI=1S/C11H24N2O3S/c1-10(14)11-4-8-13(9-5-11)7-3-6-12-17(2,15)16/h10-12,14H,3-9H2,1-2H3. The number of nitrogens with one attached hydrogen (secondary N) is 1. The lowest BCUT2D eigenvalue weighted by atomic mass is 9.92. The number of aliphatic hydroxyl groups excluding tert-OH is 1. The van der Waals surface area contributed by atoms with Crippen LogP contribution in [-0.4, -0.2) is 57.0 Å². The minimum Gasteiger partial charge on any atom is -0.393 e. The predicted molar refractivity (Wildman–Crippen MR) is 68.3 cm³/mol. The van der Waals surface area contributed by atoms with E-state index < -0.39 is 10.0 Å². The summed E-state index contributed by atoms with van der Waals surface area (Å²) in [5.41, 5.74) is 0. The van der Waals surface area contributed by atoms with Crippen LogP contribution in [0.1, 0.15) is 26.2 Å². The zero-order valence-corrected chi connectivity index (χ0v) is 11.5. The van der Waals surface area contributed by atoms with Gasteiger partial charge in [0.2, 0.25) is 10.0 Å². The minimum atomic E-state index is -3.05. The molecule has 0 aromatic rings. The number of rotatable bonds is 6. The fourth-order valence-corrected chi connectivity index (χ4v) is 2.73. The van der Waals surface area contributed by atoms with Gasteiger partial charge >= 0.3 is 0 Å². The average Bonchev–Trinajstić information content (AvgIpc) is 2.24. The molecule has 1 saturated heterocycles. The first-order valence-electron chi connectivity index (χ1n) is 6.23. The molecule has 1 fully saturated rings. The van der Waals surface area contributed by atoms with Gasteiger partial charge in [-0.15, -0.1) is 0 Å². The number of hydrogen-bond acceptors (Lipinski definition) is 4. The van der Waals surface area contributed by atoms with E-state index in [4.69, 9.17) is 0 Å². The van der Waals surface area contributed by atoms with E-state index in [1.807, 2.05) is 6.92 Å². The second kappa shape index (κ2) is 6.68. The Morgan fingerprint density at radius 1 is 1.41 bits per heavy atom. The Labute approximate surface area is 104 Å². The van der Waals surface area contributed by atoms with Crippen LogP contribution in [0.5, 0.6) is 0 Å². The van der Waals surface area contributed by atoms with E-state index in [-0.39, 0.29) is 6.10 Å². The Balaban J connectivity index is 2.10. The number of hydrogen-bond donors (Lipinski definition) is 2.